The molecule has 0 aromatic heterocycles. The van der Waals surface area contributed by atoms with E-state index in [2.05, 4.69) is 10.6 Å². The van der Waals surface area contributed by atoms with E-state index in [-0.39, 0.29) is 11.3 Å². The lowest BCUT2D eigenvalue weighted by Crippen LogP contribution is -2.53. The first-order valence-corrected chi connectivity index (χ1v) is 8.30. The predicted octanol–water partition coefficient (Wildman–Crippen LogP) is 3.81. The summed E-state index contributed by atoms with van der Waals surface area (Å²) in [7, 11) is 0. The van der Waals surface area contributed by atoms with E-state index >= 15 is 0 Å². The molecule has 0 bridgehead atoms. The Morgan fingerprint density at radius 2 is 1.68 bits per heavy atom. The van der Waals surface area contributed by atoms with Gasteiger partial charge in [-0.1, -0.05) is 77.3 Å². The highest BCUT2D eigenvalue weighted by Gasteiger charge is 2.34. The van der Waals surface area contributed by atoms with Crippen molar-refractivity contribution in [1.29, 1.82) is 0 Å². The van der Waals surface area contributed by atoms with Gasteiger partial charge in [-0.05, 0) is 11.6 Å². The Balaban J connectivity index is 2.14. The van der Waals surface area contributed by atoms with Gasteiger partial charge in [-0.2, -0.15) is 0 Å². The van der Waals surface area contributed by atoms with Crippen LogP contribution in [0.4, 0.5) is 5.69 Å². The molecule has 2 aromatic rings. The second-order valence-electron chi connectivity index (χ2n) is 5.09. The zero-order chi connectivity index (χ0) is 18.4. The van der Waals surface area contributed by atoms with Gasteiger partial charge in [0.05, 0.1) is 4.92 Å². The van der Waals surface area contributed by atoms with E-state index in [4.69, 9.17) is 34.8 Å². The number of rotatable bonds is 6. The molecule has 2 aromatic carbocycles. The molecule has 0 saturated carbocycles. The number of carbonyl (C=O) groups excluding carboxylic acids is 1. The van der Waals surface area contributed by atoms with Gasteiger partial charge in [-0.3, -0.25) is 20.2 Å². The van der Waals surface area contributed by atoms with E-state index < -0.39 is 20.8 Å². The minimum absolute atomic E-state index is 0.117. The first-order valence-electron chi connectivity index (χ1n) is 7.17. The van der Waals surface area contributed by atoms with Crippen molar-refractivity contribution in [3.63, 3.8) is 0 Å². The van der Waals surface area contributed by atoms with Crippen LogP contribution in [0.25, 0.3) is 0 Å². The first kappa shape index (κ1) is 19.5. The van der Waals surface area contributed by atoms with Crippen LogP contribution in [0.2, 0.25) is 0 Å². The molecule has 0 fully saturated rings. The molecule has 0 aliphatic carbocycles. The zero-order valence-corrected chi connectivity index (χ0v) is 15.1. The summed E-state index contributed by atoms with van der Waals surface area (Å²) in [4.78, 5) is 22.8. The lowest BCUT2D eigenvalue weighted by molar-refractivity contribution is -0.385. The van der Waals surface area contributed by atoms with E-state index in [1.165, 1.54) is 24.3 Å². The zero-order valence-electron chi connectivity index (χ0n) is 12.8. The molecule has 1 atom stereocenters. The van der Waals surface area contributed by atoms with Crippen LogP contribution in [-0.4, -0.2) is 20.8 Å². The molecular formula is C16H14Cl3N3O3. The third-order valence-corrected chi connectivity index (χ3v) is 3.96. The van der Waals surface area contributed by atoms with Crippen LogP contribution >= 0.6 is 34.8 Å². The van der Waals surface area contributed by atoms with Crippen LogP contribution in [0.15, 0.2) is 54.6 Å². The highest BCUT2D eigenvalue weighted by atomic mass is 35.6. The topological polar surface area (TPSA) is 84.3 Å². The molecule has 1 amide bonds. The molecule has 6 nitrogen and oxygen atoms in total. The molecule has 132 valence electrons. The van der Waals surface area contributed by atoms with Crippen LogP contribution in [0.3, 0.4) is 0 Å². The van der Waals surface area contributed by atoms with Gasteiger partial charge in [-0.15, -0.1) is 0 Å². The van der Waals surface area contributed by atoms with Crippen molar-refractivity contribution < 1.29 is 9.72 Å². The lowest BCUT2D eigenvalue weighted by atomic mass is 10.1. The van der Waals surface area contributed by atoms with E-state index in [0.29, 0.717) is 6.54 Å². The maximum absolute atomic E-state index is 12.4. The first-order chi connectivity index (χ1) is 11.8. The molecule has 2 rings (SSSR count). The fourth-order valence-corrected chi connectivity index (χ4v) is 2.49. The Morgan fingerprint density at radius 1 is 1.08 bits per heavy atom. The number of halogens is 3. The van der Waals surface area contributed by atoms with Crippen molar-refractivity contribution in [1.82, 2.24) is 10.6 Å². The number of nitrogens with zero attached hydrogens (tertiary/aromatic N) is 1. The molecule has 0 aliphatic heterocycles. The SMILES string of the molecule is O=C(N[C@H](NCc1ccccc1)C(Cl)(Cl)Cl)c1ccccc1[N+](=O)[O-]. The molecule has 0 spiro atoms. The second-order valence-corrected chi connectivity index (χ2v) is 7.46. The average Bonchev–Trinajstić information content (AvgIpc) is 2.58. The van der Waals surface area contributed by atoms with Crippen LogP contribution in [0, 0.1) is 10.1 Å². The number of hydrogen-bond donors (Lipinski definition) is 2. The Morgan fingerprint density at radius 3 is 2.28 bits per heavy atom. The number of carbonyl (C=O) groups is 1. The fraction of sp³-hybridized carbons (Fsp3) is 0.188. The van der Waals surface area contributed by atoms with Gasteiger partial charge in [0.1, 0.15) is 11.7 Å². The average molecular weight is 403 g/mol. The molecule has 2 N–H and O–H groups in total. The molecule has 0 unspecified atom stereocenters. The molecule has 0 radical (unpaired) electrons. The third kappa shape index (κ3) is 5.57. The monoisotopic (exact) mass is 401 g/mol. The number of benzene rings is 2. The second kappa shape index (κ2) is 8.49. The van der Waals surface area contributed by atoms with E-state index in [1.54, 1.807) is 0 Å². The fourth-order valence-electron chi connectivity index (χ4n) is 2.10. The van der Waals surface area contributed by atoms with Crippen LogP contribution in [0.5, 0.6) is 0 Å². The van der Waals surface area contributed by atoms with Crippen molar-refractivity contribution in [3.05, 3.63) is 75.8 Å². The third-order valence-electron chi connectivity index (χ3n) is 3.30. The summed E-state index contributed by atoms with van der Waals surface area (Å²) >= 11 is 17.8. The van der Waals surface area contributed by atoms with Crippen molar-refractivity contribution in [2.24, 2.45) is 0 Å². The quantitative estimate of drug-likeness (QED) is 0.333. The predicted molar refractivity (Wildman–Crippen MR) is 97.9 cm³/mol. The summed E-state index contributed by atoms with van der Waals surface area (Å²) in [5.41, 5.74) is 0.473. The standard InChI is InChI=1S/C16H14Cl3N3O3/c17-16(18,19)15(20-10-11-6-2-1-3-7-11)21-14(23)12-8-4-5-9-13(12)22(24)25/h1-9,15,20H,10H2,(H,21,23)/t15-/m0/s1. The van der Waals surface area contributed by atoms with Crippen LogP contribution in [-0.2, 0) is 6.54 Å². The molecule has 0 aliphatic rings. The molecule has 9 heteroatoms. The minimum Gasteiger partial charge on any atom is -0.332 e. The van der Waals surface area contributed by atoms with Gasteiger partial charge >= 0.3 is 0 Å². The van der Waals surface area contributed by atoms with E-state index in [9.17, 15) is 14.9 Å². The summed E-state index contributed by atoms with van der Waals surface area (Å²) in [5.74, 6) is -0.718. The Bertz CT molecular complexity index is 751. The van der Waals surface area contributed by atoms with Gasteiger partial charge in [0.25, 0.3) is 11.6 Å². The number of amides is 1. The number of nitrogens with one attached hydrogen (secondary N) is 2. The van der Waals surface area contributed by atoms with Gasteiger partial charge in [0.15, 0.2) is 0 Å². The van der Waals surface area contributed by atoms with E-state index in [1.807, 2.05) is 30.3 Å². The van der Waals surface area contributed by atoms with Crippen molar-refractivity contribution >= 4 is 46.4 Å². The minimum atomic E-state index is -1.85. The number of nitro groups is 1. The normalized spacial score (nSPS) is 12.4. The maximum Gasteiger partial charge on any atom is 0.282 e. The summed E-state index contributed by atoms with van der Waals surface area (Å²) < 4.78 is -1.85. The van der Waals surface area contributed by atoms with Gasteiger partial charge in [-0.25, -0.2) is 0 Å². The van der Waals surface area contributed by atoms with Gasteiger partial charge < -0.3 is 5.32 Å². The van der Waals surface area contributed by atoms with Gasteiger partial charge in [0.2, 0.25) is 3.79 Å². The smallest absolute Gasteiger partial charge is 0.282 e. The highest BCUT2D eigenvalue weighted by molar-refractivity contribution is 6.68. The summed E-state index contributed by atoms with van der Waals surface area (Å²) in [6.07, 6.45) is -1.05. The lowest BCUT2D eigenvalue weighted by Gasteiger charge is -2.26. The summed E-state index contributed by atoms with van der Waals surface area (Å²) in [6.45, 7) is 0.330. The van der Waals surface area contributed by atoms with Crippen LogP contribution < -0.4 is 10.6 Å². The largest absolute Gasteiger partial charge is 0.332 e. The van der Waals surface area contributed by atoms with Crippen LogP contribution in [0.1, 0.15) is 15.9 Å². The maximum atomic E-state index is 12.4. The Kier molecular flexibility index (Phi) is 6.61. The number of hydrogen-bond acceptors (Lipinski definition) is 4. The molecule has 25 heavy (non-hydrogen) atoms. The molecular weight excluding hydrogens is 389 g/mol. The number of alkyl halides is 3. The van der Waals surface area contributed by atoms with Crippen molar-refractivity contribution in [2.75, 3.05) is 0 Å². The van der Waals surface area contributed by atoms with Crippen molar-refractivity contribution in [2.45, 2.75) is 16.5 Å². The summed E-state index contributed by atoms with van der Waals surface area (Å²) in [5, 5.41) is 16.5. The molecule has 0 saturated heterocycles. The Labute approximate surface area is 159 Å². The summed E-state index contributed by atoms with van der Waals surface area (Å²) in [6, 6.07) is 14.9. The number of nitro benzene ring substituents is 1. The van der Waals surface area contributed by atoms with Gasteiger partial charge in [0, 0.05) is 12.6 Å². The Hall–Kier alpha value is -1.86. The number of para-hydroxylation sites is 1. The molecule has 0 heterocycles. The highest BCUT2D eigenvalue weighted by Crippen LogP contribution is 2.30. The van der Waals surface area contributed by atoms with Crippen molar-refractivity contribution in [3.8, 4) is 0 Å². The van der Waals surface area contributed by atoms with E-state index in [0.717, 1.165) is 5.56 Å².